The minimum atomic E-state index is -0.545. The third kappa shape index (κ3) is 12.9. The Morgan fingerprint density at radius 2 is 0.772 bits per heavy atom. The molecule has 26 rings (SSSR count). The van der Waals surface area contributed by atoms with E-state index in [4.69, 9.17) is 10.2 Å². The number of aryl methyl sites for hydroxylation is 2. The Kier molecular flexibility index (Phi) is 17.9. The maximum atomic E-state index is 10.7. The highest BCUT2D eigenvalue weighted by Gasteiger charge is 2.49. The molecule has 4 aliphatic rings. The van der Waals surface area contributed by atoms with Crippen LogP contribution in [0.3, 0.4) is 0 Å². The molecule has 6 nitrogen and oxygen atoms in total. The van der Waals surface area contributed by atoms with Crippen LogP contribution in [0.25, 0.3) is 138 Å². The molecule has 2 aliphatic heterocycles. The Labute approximate surface area is 802 Å². The summed E-state index contributed by atoms with van der Waals surface area (Å²) in [5.41, 5.74) is 36.3. The molecule has 136 heavy (non-hydrogen) atoms. The summed E-state index contributed by atoms with van der Waals surface area (Å²) in [5.74, 6) is 0. The van der Waals surface area contributed by atoms with Crippen molar-refractivity contribution in [3.63, 3.8) is 0 Å². The van der Waals surface area contributed by atoms with Crippen molar-refractivity contribution < 1.29 is 18.4 Å². The van der Waals surface area contributed by atoms with Gasteiger partial charge in [-0.3, -0.25) is 0 Å². The fraction of sp³-hybridized carbons (Fsp3) is 0.109. The fourth-order valence-corrected chi connectivity index (χ4v) is 24.0. The van der Waals surface area contributed by atoms with E-state index in [1.807, 2.05) is 36.4 Å². The number of anilines is 4. The van der Waals surface area contributed by atoms with Crippen molar-refractivity contribution in [3.8, 4) is 78.5 Å². The van der Waals surface area contributed by atoms with Crippen LogP contribution in [-0.2, 0) is 23.7 Å². The first kappa shape index (κ1) is 73.3. The minimum Gasteiger partial charge on any atom is -0.456 e. The van der Waals surface area contributed by atoms with Gasteiger partial charge in [0.1, 0.15) is 22.3 Å². The highest BCUT2D eigenvalue weighted by atomic mass is 16.3. The minimum absolute atomic E-state index is 0.0120. The predicted octanol–water partition coefficient (Wildman–Crippen LogP) is 30.9. The Bertz CT molecular complexity index is 8940. The van der Waals surface area contributed by atoms with Crippen LogP contribution in [0, 0.1) is 11.3 Å². The second kappa shape index (κ2) is 33.2. The number of unbranched alkanes of at least 4 members (excludes halogenated alkanes) is 6. The van der Waals surface area contributed by atoms with Gasteiger partial charge in [0.05, 0.1) is 43.1 Å². The van der Waals surface area contributed by atoms with Gasteiger partial charge in [-0.15, -0.1) is 0 Å². The number of fused-ring (bicyclic) bond motifs is 19. The lowest BCUT2D eigenvalue weighted by molar-refractivity contribution is 0.641. The normalized spacial score (nSPS) is 14.1. The molecule has 19 aromatic carbocycles. The summed E-state index contributed by atoms with van der Waals surface area (Å²) in [6.07, 6.45) is 9.14. The summed E-state index contributed by atoms with van der Waals surface area (Å²) in [7, 11) is 0. The first-order valence-electron chi connectivity index (χ1n) is 51.5. The molecule has 0 bridgehead atoms. The van der Waals surface area contributed by atoms with Gasteiger partial charge in [-0.05, 0) is 263 Å². The van der Waals surface area contributed by atoms with Crippen molar-refractivity contribution in [3.05, 3.63) is 492 Å². The second-order valence-electron chi connectivity index (χ2n) is 37.1. The second-order valence-corrected chi connectivity index (χ2v) is 37.1. The van der Waals surface area contributed by atoms with E-state index >= 15 is 0 Å². The average molecular weight is 1750 g/mol. The molecule has 0 atom stereocenters. The van der Waals surface area contributed by atoms with Crippen molar-refractivity contribution in [1.29, 1.82) is 5.26 Å². The molecular weight excluding hydrogens is 1650 g/mol. The number of hydrogen-bond donors (Lipinski definition) is 0. The number of para-hydroxylation sites is 4. The molecule has 0 amide bonds. The summed E-state index contributed by atoms with van der Waals surface area (Å²) in [6, 6.07) is 141. The average Bonchev–Trinajstić information content (AvgIpc) is 1.60. The summed E-state index contributed by atoms with van der Waals surface area (Å²) in [4.78, 5) is 5.12. The maximum Gasteiger partial charge on any atom is 0.252 e. The van der Waals surface area contributed by atoms with Crippen LogP contribution in [0.1, 0.15) is 122 Å². The maximum absolute atomic E-state index is 10.7. The highest BCUT2D eigenvalue weighted by Crippen LogP contribution is 2.60. The Hall–Kier alpha value is -16.3. The molecule has 646 valence electrons. The summed E-state index contributed by atoms with van der Waals surface area (Å²) >= 11 is 0. The molecule has 0 saturated carbocycles. The quantitative estimate of drug-likeness (QED) is 0.0472. The van der Waals surface area contributed by atoms with Crippen LogP contribution in [-0.4, -0.2) is 24.4 Å². The van der Waals surface area contributed by atoms with E-state index in [9.17, 15) is 13.5 Å². The van der Waals surface area contributed by atoms with E-state index in [0.29, 0.717) is 18.8 Å². The number of nitrogens with zero attached hydrogens (tertiary/aromatic N) is 4. The molecule has 22 aromatic rings. The smallest absolute Gasteiger partial charge is 0.252 e. The largest absolute Gasteiger partial charge is 0.456 e. The van der Waals surface area contributed by atoms with Gasteiger partial charge in [0, 0.05) is 79.4 Å². The van der Waals surface area contributed by atoms with Gasteiger partial charge in [-0.1, -0.05) is 365 Å². The first-order chi connectivity index (χ1) is 70.3. The van der Waals surface area contributed by atoms with E-state index in [-0.39, 0.29) is 45.5 Å². The zero-order chi connectivity index (χ0) is 96.0. The molecule has 7 heteroatoms. The summed E-state index contributed by atoms with van der Waals surface area (Å²) in [5, 5.41) is 14.8. The number of rotatable bonds is 23. The Morgan fingerprint density at radius 3 is 1.38 bits per heavy atom. The van der Waals surface area contributed by atoms with Crippen LogP contribution < -0.4 is 26.2 Å². The van der Waals surface area contributed by atoms with E-state index in [1.54, 1.807) is 4.57 Å². The van der Waals surface area contributed by atoms with Crippen molar-refractivity contribution in [1.82, 2.24) is 4.57 Å². The number of nitriles is 1. The number of hydrogen-bond acceptors (Lipinski definition) is 5. The number of benzene rings is 19. The van der Waals surface area contributed by atoms with Gasteiger partial charge in [-0.25, -0.2) is 0 Å². The molecule has 5 heterocycles. The van der Waals surface area contributed by atoms with Crippen molar-refractivity contribution in [2.24, 2.45) is 0 Å². The first-order valence-corrected chi connectivity index (χ1v) is 48.0. The molecule has 0 saturated heterocycles. The SMILES string of the molecule is [2H]c1c([2H])c([2H])c2c(c1[2H])c1c([2H])c(C#N)c([2H])c([2H])c1n2-c1ccc2c(c1)N(CCCCCCc1ccccc1-c1ccc3c(c1)C(c1ccccc1)(c1ccccc1)c1ccccc1-3)c1cc(-c3ccc4oc5ccccc5c4c3)cc3c1B2c1cc(-c2cccc4c2oc2ccccc24)ccc1N3CCCCCCc1ccccc1-c1ccc2c(c1)C(c1ccccc1)(c1ccccc1)c1ccccc1-2. The van der Waals surface area contributed by atoms with E-state index < -0.39 is 41.7 Å². The molecule has 0 N–H and O–H groups in total. The molecule has 2 aliphatic carbocycles. The van der Waals surface area contributed by atoms with Crippen LogP contribution >= 0.6 is 0 Å². The van der Waals surface area contributed by atoms with E-state index in [0.717, 1.165) is 169 Å². The molecule has 3 aromatic heterocycles. The zero-order valence-electron chi connectivity index (χ0n) is 82.1. The third-order valence-corrected chi connectivity index (χ3v) is 29.9. The highest BCUT2D eigenvalue weighted by molar-refractivity contribution is 7.00. The van der Waals surface area contributed by atoms with Gasteiger partial charge in [0.2, 0.25) is 0 Å². The van der Waals surface area contributed by atoms with Crippen molar-refractivity contribution in [2.75, 3.05) is 22.9 Å². The van der Waals surface area contributed by atoms with Gasteiger partial charge in [0.15, 0.2) is 0 Å². The molecule has 0 fully saturated rings. The van der Waals surface area contributed by atoms with Crippen LogP contribution in [0.2, 0.25) is 0 Å². The van der Waals surface area contributed by atoms with Crippen LogP contribution in [0.5, 0.6) is 0 Å². The van der Waals surface area contributed by atoms with Crippen molar-refractivity contribution >= 4 is 112 Å². The lowest BCUT2D eigenvalue weighted by atomic mass is 9.33. The van der Waals surface area contributed by atoms with Gasteiger partial charge in [0.25, 0.3) is 6.71 Å². The van der Waals surface area contributed by atoms with Gasteiger partial charge >= 0.3 is 0 Å². The molecule has 0 spiro atoms. The summed E-state index contributed by atoms with van der Waals surface area (Å²) in [6.45, 7) is 0.860. The number of aromatic nitrogens is 1. The van der Waals surface area contributed by atoms with Crippen LogP contribution in [0.15, 0.2) is 439 Å². The van der Waals surface area contributed by atoms with E-state index in [2.05, 4.69) is 368 Å². The van der Waals surface area contributed by atoms with Crippen molar-refractivity contribution in [2.45, 2.75) is 75.0 Å². The number of furan rings is 2. The lowest BCUT2D eigenvalue weighted by Gasteiger charge is -2.45. The lowest BCUT2D eigenvalue weighted by Crippen LogP contribution is -2.62. The zero-order valence-corrected chi connectivity index (χ0v) is 75.1. The molecule has 0 unspecified atom stereocenters. The fourth-order valence-electron chi connectivity index (χ4n) is 24.0. The Balaban J connectivity index is 0.594. The van der Waals surface area contributed by atoms with Crippen LogP contribution in [0.4, 0.5) is 22.7 Å². The van der Waals surface area contributed by atoms with Gasteiger partial charge in [-0.2, -0.15) is 5.26 Å². The third-order valence-electron chi connectivity index (χ3n) is 29.9. The molecular formula is C129H95BN4O2. The Morgan fingerprint density at radius 1 is 0.301 bits per heavy atom. The monoisotopic (exact) mass is 1750 g/mol. The predicted molar refractivity (Wildman–Crippen MR) is 565 cm³/mol. The molecule has 0 radical (unpaired) electrons. The topological polar surface area (TPSA) is 61.5 Å². The standard InChI is InChI=1S/C129H95BN4O2/c131-84-85-62-71-118-109(76-85)105-52-25-30-59-117(105)134(118)97-67-70-115-120(83-97)133(75-34-4-2-10-37-87-39-20-22-49-99(87)90-64-69-104-102-51-24-29-58-112(102)129(114(104)79-90,95-44-15-7-16-45-95)96-46-17-8-18-47-96)122-82-92(88-66-73-125-110(77-88)107-54-27-31-60-123(107)135-125)81-121-126(122)130(115)116-80-91(100-55-35-56-108-106-53-26-32-61-124(106)136-127(100)108)65-72-119(116)132(121)74-33-3-1-9-36-86-38-19-21-48-98(86)89-63-68-103-101-50-23-28-57-111(101)128(113(103)78-89,93-40-11-5-12-41-93)94-42-13-6-14-43-94/h5-8,11-32,35,38-73,76-83H,1-4,9-10,33-34,36-37,74-75H2/i25D,30D,52D,59D,62D,71D,76D. The van der Waals surface area contributed by atoms with Gasteiger partial charge < -0.3 is 23.2 Å². The summed E-state index contributed by atoms with van der Waals surface area (Å²) < 4.78 is 82.2. The van der Waals surface area contributed by atoms with E-state index in [1.165, 1.54) is 100 Å².